The Hall–Kier alpha value is -4.03. The summed E-state index contributed by atoms with van der Waals surface area (Å²) in [4.78, 5) is 28.3. The van der Waals surface area contributed by atoms with E-state index in [9.17, 15) is 24.3 Å². The molecule has 1 aliphatic heterocycles. The Bertz CT molecular complexity index is 1460. The molecule has 6 rings (SSSR count). The van der Waals surface area contributed by atoms with Crippen LogP contribution < -0.4 is 5.32 Å². The second kappa shape index (κ2) is 11.1. The Morgan fingerprint density at radius 1 is 1.00 bits per heavy atom. The number of carbonyl (C=O) groups excluding carboxylic acids is 2. The highest BCUT2D eigenvalue weighted by Crippen LogP contribution is 2.43. The molecule has 2 aromatic carbocycles. The summed E-state index contributed by atoms with van der Waals surface area (Å²) in [7, 11) is 0. The molecule has 2 N–H and O–H groups in total. The number of benzene rings is 2. The summed E-state index contributed by atoms with van der Waals surface area (Å²) < 4.78 is 15.4. The highest BCUT2D eigenvalue weighted by Gasteiger charge is 2.47. The van der Waals surface area contributed by atoms with Gasteiger partial charge in [0.15, 0.2) is 0 Å². The lowest BCUT2D eigenvalue weighted by atomic mass is 9.75. The molecule has 3 fully saturated rings. The highest BCUT2D eigenvalue weighted by atomic mass is 19.1. The summed E-state index contributed by atoms with van der Waals surface area (Å²) in [5.74, 6) is -0.929. The van der Waals surface area contributed by atoms with Crippen molar-refractivity contribution in [2.24, 2.45) is 5.92 Å². The fraction of sp³-hybridized carbons (Fsp3) is 0.438. The van der Waals surface area contributed by atoms with Gasteiger partial charge in [0, 0.05) is 42.2 Å². The maximum absolute atomic E-state index is 13.7. The third kappa shape index (κ3) is 5.62. The van der Waals surface area contributed by atoms with E-state index in [1.807, 2.05) is 30.5 Å². The van der Waals surface area contributed by atoms with Crippen molar-refractivity contribution in [3.63, 3.8) is 0 Å². The normalized spacial score (nSPS) is 22.1. The van der Waals surface area contributed by atoms with E-state index in [0.29, 0.717) is 50.0 Å². The van der Waals surface area contributed by atoms with E-state index in [-0.39, 0.29) is 35.6 Å². The third-order valence-corrected chi connectivity index (χ3v) is 8.81. The van der Waals surface area contributed by atoms with Crippen molar-refractivity contribution in [3.8, 4) is 22.9 Å². The molecule has 2 amide bonds. The average Bonchev–Trinajstić information content (AvgIpc) is 3.64. The molecule has 2 atom stereocenters. The maximum Gasteiger partial charge on any atom is 0.253 e. The molecule has 2 saturated carbocycles. The van der Waals surface area contributed by atoms with Gasteiger partial charge < -0.3 is 15.3 Å². The van der Waals surface area contributed by atoms with Crippen LogP contribution >= 0.6 is 0 Å². The number of likely N-dealkylation sites (tertiary alicyclic amines) is 1. The number of aliphatic hydroxyl groups excluding tert-OH is 1. The lowest BCUT2D eigenvalue weighted by molar-refractivity contribution is -0.127. The van der Waals surface area contributed by atoms with Crippen molar-refractivity contribution in [2.45, 2.75) is 68.9 Å². The molecule has 0 spiro atoms. The van der Waals surface area contributed by atoms with Crippen LogP contribution in [0.15, 0.2) is 54.7 Å². The van der Waals surface area contributed by atoms with Crippen LogP contribution in [-0.2, 0) is 4.79 Å². The average molecular weight is 556 g/mol. The first kappa shape index (κ1) is 27.2. The van der Waals surface area contributed by atoms with Crippen molar-refractivity contribution in [2.75, 3.05) is 13.1 Å². The van der Waals surface area contributed by atoms with Gasteiger partial charge in [0.2, 0.25) is 5.91 Å². The molecule has 2 heterocycles. The first-order chi connectivity index (χ1) is 19.9. The Labute approximate surface area is 238 Å². The van der Waals surface area contributed by atoms with Gasteiger partial charge in [-0.2, -0.15) is 10.4 Å². The smallest absolute Gasteiger partial charge is 0.253 e. The molecule has 0 bridgehead atoms. The van der Waals surface area contributed by atoms with Crippen molar-refractivity contribution in [3.05, 3.63) is 71.8 Å². The minimum absolute atomic E-state index is 0.0544. The number of amides is 2. The summed E-state index contributed by atoms with van der Waals surface area (Å²) in [6.07, 6.45) is 7.51. The number of nitriles is 1. The van der Waals surface area contributed by atoms with E-state index in [0.717, 1.165) is 42.5 Å². The summed E-state index contributed by atoms with van der Waals surface area (Å²) in [6, 6.07) is 15.8. The molecule has 1 aromatic heterocycles. The summed E-state index contributed by atoms with van der Waals surface area (Å²) >= 11 is 0. The van der Waals surface area contributed by atoms with Gasteiger partial charge >= 0.3 is 0 Å². The van der Waals surface area contributed by atoms with Crippen LogP contribution in [0, 0.1) is 23.1 Å². The fourth-order valence-electron chi connectivity index (χ4n) is 6.14. The maximum atomic E-state index is 13.7. The first-order valence-corrected chi connectivity index (χ1v) is 14.5. The van der Waals surface area contributed by atoms with Crippen LogP contribution in [0.3, 0.4) is 0 Å². The number of aliphatic hydroxyl groups is 1. The van der Waals surface area contributed by atoms with Crippen LogP contribution in [-0.4, -0.2) is 56.3 Å². The molecular formula is C32H34FN5O3. The molecule has 41 heavy (non-hydrogen) atoms. The largest absolute Gasteiger partial charge is 0.393 e. The molecule has 3 aromatic rings. The zero-order valence-corrected chi connectivity index (χ0v) is 22.9. The van der Waals surface area contributed by atoms with Gasteiger partial charge in [-0.25, -0.2) is 9.07 Å². The number of aromatic nitrogens is 2. The number of nitrogens with zero attached hydrogens (tertiary/aromatic N) is 4. The van der Waals surface area contributed by atoms with Crippen LogP contribution in [0.1, 0.15) is 73.3 Å². The molecule has 2 aliphatic carbocycles. The van der Waals surface area contributed by atoms with Crippen LogP contribution in [0.4, 0.5) is 4.39 Å². The molecule has 0 unspecified atom stereocenters. The standard InChI is InChI=1S/C32H34FN5O3/c33-23-9-11-24(12-10-23)38-19-28(21-5-7-22(8-6-21)31(41)37-17-13-25(39)14-18-37)29(36-38)26-3-1-2-4-27(26)30(40)35-32(20-34)15-16-32/h5-12,19,25-27,39H,1-4,13-18H2,(H,35,40)/t26-,27-/m1/s1. The molecule has 8 nitrogen and oxygen atoms in total. The van der Waals surface area contributed by atoms with Gasteiger partial charge in [-0.3, -0.25) is 9.59 Å². The van der Waals surface area contributed by atoms with E-state index in [1.165, 1.54) is 12.1 Å². The number of halogens is 1. The zero-order chi connectivity index (χ0) is 28.6. The number of rotatable bonds is 6. The van der Waals surface area contributed by atoms with Crippen LogP contribution in [0.5, 0.6) is 0 Å². The second-order valence-corrected chi connectivity index (χ2v) is 11.6. The predicted molar refractivity (Wildman–Crippen MR) is 151 cm³/mol. The van der Waals surface area contributed by atoms with Crippen molar-refractivity contribution < 1.29 is 19.1 Å². The highest BCUT2D eigenvalue weighted by molar-refractivity contribution is 5.95. The predicted octanol–water partition coefficient (Wildman–Crippen LogP) is 4.72. The number of nitrogens with one attached hydrogen (secondary N) is 1. The minimum atomic E-state index is -0.732. The third-order valence-electron chi connectivity index (χ3n) is 8.81. The van der Waals surface area contributed by atoms with E-state index in [4.69, 9.17) is 5.10 Å². The topological polar surface area (TPSA) is 111 Å². The molecule has 3 aliphatic rings. The zero-order valence-electron chi connectivity index (χ0n) is 22.9. The Morgan fingerprint density at radius 2 is 1.68 bits per heavy atom. The summed E-state index contributed by atoms with van der Waals surface area (Å²) in [5.41, 5.74) is 3.08. The van der Waals surface area contributed by atoms with Gasteiger partial charge in [-0.1, -0.05) is 25.0 Å². The molecular weight excluding hydrogens is 521 g/mol. The minimum Gasteiger partial charge on any atom is -0.393 e. The monoisotopic (exact) mass is 555 g/mol. The first-order valence-electron chi connectivity index (χ1n) is 14.5. The molecule has 212 valence electrons. The molecule has 1 saturated heterocycles. The van der Waals surface area contributed by atoms with E-state index >= 15 is 0 Å². The van der Waals surface area contributed by atoms with Crippen molar-refractivity contribution in [1.82, 2.24) is 20.0 Å². The molecule has 9 heteroatoms. The summed E-state index contributed by atoms with van der Waals surface area (Å²) in [5, 5.41) is 27.3. The Kier molecular flexibility index (Phi) is 7.35. The van der Waals surface area contributed by atoms with Gasteiger partial charge in [0.05, 0.1) is 23.6 Å². The van der Waals surface area contributed by atoms with Crippen LogP contribution in [0.2, 0.25) is 0 Å². The van der Waals surface area contributed by atoms with E-state index < -0.39 is 5.54 Å². The molecule has 0 radical (unpaired) electrons. The lowest BCUT2D eigenvalue weighted by Gasteiger charge is -2.31. The Balaban J connectivity index is 1.33. The quantitative estimate of drug-likeness (QED) is 0.457. The summed E-state index contributed by atoms with van der Waals surface area (Å²) in [6.45, 7) is 1.07. The van der Waals surface area contributed by atoms with Crippen molar-refractivity contribution >= 4 is 11.8 Å². The van der Waals surface area contributed by atoms with Gasteiger partial charge in [-0.05, 0) is 80.5 Å². The second-order valence-electron chi connectivity index (χ2n) is 11.6. The number of carbonyl (C=O) groups is 2. The fourth-order valence-corrected chi connectivity index (χ4v) is 6.14. The Morgan fingerprint density at radius 3 is 2.34 bits per heavy atom. The van der Waals surface area contributed by atoms with Crippen LogP contribution in [0.25, 0.3) is 16.8 Å². The van der Waals surface area contributed by atoms with E-state index in [1.54, 1.807) is 21.7 Å². The van der Waals surface area contributed by atoms with Gasteiger partial charge in [-0.15, -0.1) is 0 Å². The van der Waals surface area contributed by atoms with Crippen molar-refractivity contribution in [1.29, 1.82) is 5.26 Å². The number of hydrogen-bond acceptors (Lipinski definition) is 5. The van der Waals surface area contributed by atoms with Gasteiger partial charge in [0.25, 0.3) is 5.91 Å². The lowest BCUT2D eigenvalue weighted by Crippen LogP contribution is -2.42. The number of piperidine rings is 1. The van der Waals surface area contributed by atoms with E-state index in [2.05, 4.69) is 11.4 Å². The SMILES string of the molecule is N#CC1(NC(=O)[C@@H]2CCCC[C@H]2c2nn(-c3ccc(F)cc3)cc2-c2ccc(C(=O)N3CCC(O)CC3)cc2)CC1. The number of hydrogen-bond donors (Lipinski definition) is 2. The van der Waals surface area contributed by atoms with Gasteiger partial charge in [0.1, 0.15) is 11.4 Å².